The molecule has 0 amide bonds. The molecule has 4 rings (SSSR count). The number of benzene rings is 3. The van der Waals surface area contributed by atoms with Gasteiger partial charge in [-0.2, -0.15) is 0 Å². The molecule has 7 heteroatoms. The van der Waals surface area contributed by atoms with Crippen molar-refractivity contribution in [3.05, 3.63) is 60.7 Å². The van der Waals surface area contributed by atoms with E-state index in [1.807, 2.05) is 60.7 Å². The van der Waals surface area contributed by atoms with Crippen LogP contribution in [0.3, 0.4) is 0 Å². The van der Waals surface area contributed by atoms with Crippen molar-refractivity contribution >= 4 is 27.2 Å². The summed E-state index contributed by atoms with van der Waals surface area (Å²) in [6.07, 6.45) is 0.805. The van der Waals surface area contributed by atoms with E-state index in [1.165, 1.54) is 0 Å². The third-order valence-electron chi connectivity index (χ3n) is 5.72. The summed E-state index contributed by atoms with van der Waals surface area (Å²) in [5, 5.41) is 2.05. The van der Waals surface area contributed by atoms with E-state index in [1.54, 1.807) is 4.31 Å². The normalized spacial score (nSPS) is 13.7. The van der Waals surface area contributed by atoms with Crippen molar-refractivity contribution in [1.82, 2.24) is 4.90 Å². The molecule has 0 atom stereocenters. The fourth-order valence-electron chi connectivity index (χ4n) is 3.89. The summed E-state index contributed by atoms with van der Waals surface area (Å²) in [6.45, 7) is 7.81. The van der Waals surface area contributed by atoms with Gasteiger partial charge in [0.15, 0.2) is 11.5 Å². The first kappa shape index (κ1) is 21.8. The Hall–Kier alpha value is -2.45. The largest absolute Gasteiger partial charge is 0.454 e. The maximum absolute atomic E-state index is 11.5. The monoisotopic (exact) mass is 442 g/mol. The maximum atomic E-state index is 11.5. The second kappa shape index (κ2) is 9.36. The molecule has 0 saturated heterocycles. The zero-order valence-electron chi connectivity index (χ0n) is 18.0. The molecule has 3 aromatic rings. The second-order valence-corrected chi connectivity index (χ2v) is 9.50. The van der Waals surface area contributed by atoms with E-state index in [0.29, 0.717) is 28.6 Å². The van der Waals surface area contributed by atoms with Gasteiger partial charge < -0.3 is 14.4 Å². The molecular formula is C24H30N2O4S. The summed E-state index contributed by atoms with van der Waals surface area (Å²) < 4.78 is 35.6. The van der Waals surface area contributed by atoms with E-state index >= 15 is 0 Å². The second-order valence-electron chi connectivity index (χ2n) is 7.55. The van der Waals surface area contributed by atoms with E-state index < -0.39 is 10.8 Å². The first-order valence-corrected chi connectivity index (χ1v) is 12.2. The molecule has 31 heavy (non-hydrogen) atoms. The van der Waals surface area contributed by atoms with E-state index in [0.717, 1.165) is 36.8 Å². The number of anilines is 1. The van der Waals surface area contributed by atoms with E-state index in [2.05, 4.69) is 18.7 Å². The van der Waals surface area contributed by atoms with Crippen molar-refractivity contribution < 1.29 is 18.6 Å². The zero-order chi connectivity index (χ0) is 21.8. The maximum Gasteiger partial charge on any atom is 0.231 e. The van der Waals surface area contributed by atoms with Gasteiger partial charge in [-0.05, 0) is 61.1 Å². The number of fused-ring (bicyclic) bond motifs is 2. The number of nitrogens with zero attached hydrogens (tertiary/aromatic N) is 2. The Kier molecular flexibility index (Phi) is 6.57. The van der Waals surface area contributed by atoms with Crippen LogP contribution in [0.15, 0.2) is 65.6 Å². The first-order valence-electron chi connectivity index (χ1n) is 10.7. The first-order chi connectivity index (χ1) is 15.0. The van der Waals surface area contributed by atoms with Gasteiger partial charge in [0.2, 0.25) is 6.79 Å². The number of rotatable bonds is 9. The van der Waals surface area contributed by atoms with E-state index in [9.17, 15) is 9.11 Å². The van der Waals surface area contributed by atoms with Crippen LogP contribution < -0.4 is 13.8 Å². The minimum atomic E-state index is -3.26. The van der Waals surface area contributed by atoms with E-state index in [-0.39, 0.29) is 6.79 Å². The third-order valence-corrected chi connectivity index (χ3v) is 7.61. The van der Waals surface area contributed by atoms with Crippen molar-refractivity contribution in [3.8, 4) is 11.5 Å². The minimum Gasteiger partial charge on any atom is -0.454 e. The van der Waals surface area contributed by atoms with Crippen LogP contribution in [0.4, 0.5) is 5.69 Å². The topological polar surface area (TPSA) is 65.4 Å². The predicted octanol–water partition coefficient (Wildman–Crippen LogP) is 5.83. The summed E-state index contributed by atoms with van der Waals surface area (Å²) >= 11 is 0. The van der Waals surface area contributed by atoms with Crippen LogP contribution >= 0.6 is 10.8 Å². The molecule has 1 aliphatic heterocycles. The highest BCUT2D eigenvalue weighted by molar-refractivity contribution is 8.25. The summed E-state index contributed by atoms with van der Waals surface area (Å²) in [4.78, 5) is 2.84. The fourth-order valence-corrected chi connectivity index (χ4v) is 5.47. The van der Waals surface area contributed by atoms with Crippen molar-refractivity contribution in [2.75, 3.05) is 37.3 Å². The molecular weight excluding hydrogens is 412 g/mol. The van der Waals surface area contributed by atoms with Gasteiger partial charge in [0, 0.05) is 12.6 Å². The highest BCUT2D eigenvalue weighted by atomic mass is 32.3. The number of hydrogen-bond donors (Lipinski definition) is 2. The van der Waals surface area contributed by atoms with Gasteiger partial charge in [0.05, 0.1) is 10.6 Å². The molecule has 0 unspecified atom stereocenters. The quantitative estimate of drug-likeness (QED) is 0.435. The van der Waals surface area contributed by atoms with Crippen molar-refractivity contribution in [2.24, 2.45) is 0 Å². The van der Waals surface area contributed by atoms with Crippen LogP contribution in [0, 0.1) is 0 Å². The molecule has 3 aromatic carbocycles. The lowest BCUT2D eigenvalue weighted by Crippen LogP contribution is -2.32. The predicted molar refractivity (Wildman–Crippen MR) is 127 cm³/mol. The summed E-state index contributed by atoms with van der Waals surface area (Å²) in [7, 11) is -3.26. The van der Waals surface area contributed by atoms with Gasteiger partial charge in [-0.3, -0.25) is 13.4 Å². The molecule has 0 bridgehead atoms. The van der Waals surface area contributed by atoms with Crippen molar-refractivity contribution in [1.29, 1.82) is 0 Å². The molecule has 0 fully saturated rings. The molecule has 0 aliphatic carbocycles. The van der Waals surface area contributed by atoms with Crippen molar-refractivity contribution in [3.63, 3.8) is 0 Å². The van der Waals surface area contributed by atoms with E-state index in [4.69, 9.17) is 9.47 Å². The van der Waals surface area contributed by atoms with Gasteiger partial charge in [-0.15, -0.1) is 0 Å². The SMILES string of the molecule is CCN(CC)CCCN(c1ccc2c(c1)OCO2)S(O)(O)c1ccc2ccccc2c1. The Balaban J connectivity index is 1.67. The Labute approximate surface area is 185 Å². The average Bonchev–Trinajstić information content (AvgIpc) is 3.26. The van der Waals surface area contributed by atoms with Crippen LogP contribution in [0.2, 0.25) is 0 Å². The van der Waals surface area contributed by atoms with Gasteiger partial charge in [-0.25, -0.2) is 0 Å². The number of hydrogen-bond acceptors (Lipinski definition) is 6. The Bertz CT molecular complexity index is 1040. The zero-order valence-corrected chi connectivity index (χ0v) is 18.8. The molecule has 6 nitrogen and oxygen atoms in total. The Morgan fingerprint density at radius 3 is 2.35 bits per heavy atom. The lowest BCUT2D eigenvalue weighted by atomic mass is 10.1. The molecule has 0 radical (unpaired) electrons. The van der Waals surface area contributed by atoms with Crippen LogP contribution in [0.1, 0.15) is 20.3 Å². The molecule has 1 heterocycles. The van der Waals surface area contributed by atoms with Crippen LogP contribution in [-0.2, 0) is 0 Å². The highest BCUT2D eigenvalue weighted by Gasteiger charge is 2.27. The van der Waals surface area contributed by atoms with Gasteiger partial charge in [0.1, 0.15) is 0 Å². The summed E-state index contributed by atoms with van der Waals surface area (Å²) in [5.41, 5.74) is 0.706. The molecule has 0 aromatic heterocycles. The lowest BCUT2D eigenvalue weighted by molar-refractivity contribution is 0.174. The Morgan fingerprint density at radius 1 is 0.839 bits per heavy atom. The van der Waals surface area contributed by atoms with Crippen molar-refractivity contribution in [2.45, 2.75) is 25.2 Å². The van der Waals surface area contributed by atoms with Crippen LogP contribution in [0.5, 0.6) is 11.5 Å². The van der Waals surface area contributed by atoms with Gasteiger partial charge in [0.25, 0.3) is 0 Å². The highest BCUT2D eigenvalue weighted by Crippen LogP contribution is 2.55. The van der Waals surface area contributed by atoms with Gasteiger partial charge in [-0.1, -0.05) is 55.0 Å². The summed E-state index contributed by atoms with van der Waals surface area (Å²) in [6, 6.07) is 19.1. The fraction of sp³-hybridized carbons (Fsp3) is 0.333. The number of ether oxygens (including phenoxy) is 2. The summed E-state index contributed by atoms with van der Waals surface area (Å²) in [5.74, 6) is 1.30. The molecule has 2 N–H and O–H groups in total. The molecule has 166 valence electrons. The molecule has 0 spiro atoms. The van der Waals surface area contributed by atoms with Crippen LogP contribution in [-0.4, -0.2) is 47.0 Å². The molecule has 1 aliphatic rings. The minimum absolute atomic E-state index is 0.182. The standard InChI is InChI=1S/C24H30N2O4S/c1-3-25(4-2)14-7-15-26(21-11-13-23-24(17-21)30-18-29-23)31(27,28)22-12-10-19-8-5-6-9-20(19)16-22/h5-6,8-13,16-17,27-28H,3-4,7,14-15,18H2,1-2H3. The Morgan fingerprint density at radius 2 is 1.58 bits per heavy atom. The average molecular weight is 443 g/mol. The third kappa shape index (κ3) is 4.60. The lowest BCUT2D eigenvalue weighted by Gasteiger charge is -2.44. The van der Waals surface area contributed by atoms with Crippen LogP contribution in [0.25, 0.3) is 10.8 Å². The smallest absolute Gasteiger partial charge is 0.231 e. The van der Waals surface area contributed by atoms with Gasteiger partial charge >= 0.3 is 0 Å². The molecule has 0 saturated carbocycles.